The van der Waals surface area contributed by atoms with E-state index in [1.807, 2.05) is 30.3 Å². The minimum Gasteiger partial charge on any atom is -0.305 e. The Morgan fingerprint density at radius 1 is 1.30 bits per heavy atom. The number of hydrogen-bond acceptors (Lipinski definition) is 4. The van der Waals surface area contributed by atoms with E-state index in [4.69, 9.17) is 5.14 Å². The van der Waals surface area contributed by atoms with Crippen LogP contribution >= 0.6 is 0 Å². The second-order valence-corrected chi connectivity index (χ2v) is 6.62. The van der Waals surface area contributed by atoms with E-state index in [0.29, 0.717) is 17.1 Å². The minimum absolute atomic E-state index is 0.0860. The number of benzene rings is 1. The Morgan fingerprint density at radius 2 is 2.04 bits per heavy atom. The second-order valence-electron chi connectivity index (χ2n) is 5.08. The summed E-state index contributed by atoms with van der Waals surface area (Å²) in [5.41, 5.74) is 2.15. The highest BCUT2D eigenvalue weighted by molar-refractivity contribution is 7.86. The molecule has 0 saturated heterocycles. The van der Waals surface area contributed by atoms with Crippen LogP contribution < -0.4 is 10.5 Å². The van der Waals surface area contributed by atoms with Gasteiger partial charge in [0.25, 0.3) is 10.2 Å². The van der Waals surface area contributed by atoms with Crippen LogP contribution in [0.25, 0.3) is 6.08 Å². The van der Waals surface area contributed by atoms with Crippen molar-refractivity contribution in [1.29, 1.82) is 0 Å². The van der Waals surface area contributed by atoms with Crippen LogP contribution in [0.4, 0.5) is 5.82 Å². The number of nitrogens with two attached hydrogens (primary N) is 1. The second kappa shape index (κ2) is 5.95. The summed E-state index contributed by atoms with van der Waals surface area (Å²) in [6, 6.07) is 9.39. The van der Waals surface area contributed by atoms with Crippen molar-refractivity contribution in [1.82, 2.24) is 14.5 Å². The number of H-pyrrole nitrogens is 1. The van der Waals surface area contributed by atoms with Crippen LogP contribution in [-0.2, 0) is 28.1 Å². The maximum absolute atomic E-state index is 12.0. The summed E-state index contributed by atoms with van der Waals surface area (Å²) in [5, 5.41) is 14.5. The highest BCUT2D eigenvalue weighted by atomic mass is 32.2. The predicted octanol–water partition coefficient (Wildman–Crippen LogP) is 0.581. The maximum Gasteiger partial charge on any atom is 0.277 e. The lowest BCUT2D eigenvalue weighted by Crippen LogP contribution is -2.32. The molecule has 0 unspecified atom stereocenters. The van der Waals surface area contributed by atoms with E-state index in [1.165, 1.54) is 6.08 Å². The van der Waals surface area contributed by atoms with Gasteiger partial charge in [-0.05, 0) is 11.6 Å². The molecule has 0 radical (unpaired) electrons. The fourth-order valence-electron chi connectivity index (χ4n) is 2.29. The first kappa shape index (κ1) is 15.4. The molecule has 0 bridgehead atoms. The zero-order valence-electron chi connectivity index (χ0n) is 12.1. The number of carbonyl (C=O) groups is 1. The van der Waals surface area contributed by atoms with Gasteiger partial charge in [0.05, 0.1) is 12.2 Å². The van der Waals surface area contributed by atoms with Crippen LogP contribution in [0.15, 0.2) is 36.4 Å². The monoisotopic (exact) mass is 333 g/mol. The van der Waals surface area contributed by atoms with Crippen LogP contribution in [0, 0.1) is 0 Å². The van der Waals surface area contributed by atoms with Crippen molar-refractivity contribution >= 4 is 28.0 Å². The number of anilines is 1. The maximum atomic E-state index is 12.0. The lowest BCUT2D eigenvalue weighted by molar-refractivity contribution is -0.111. The molecular formula is C14H15N5O3S. The molecule has 1 aromatic heterocycles. The van der Waals surface area contributed by atoms with E-state index in [2.05, 4.69) is 15.5 Å². The molecule has 0 aliphatic carbocycles. The van der Waals surface area contributed by atoms with Gasteiger partial charge in [0, 0.05) is 18.2 Å². The third-order valence-electron chi connectivity index (χ3n) is 3.45. The summed E-state index contributed by atoms with van der Waals surface area (Å²) in [6.45, 7) is 0.208. The summed E-state index contributed by atoms with van der Waals surface area (Å²) in [5.74, 6) is -0.0360. The number of aromatic amines is 1. The van der Waals surface area contributed by atoms with Crippen molar-refractivity contribution < 1.29 is 13.2 Å². The van der Waals surface area contributed by atoms with Crippen LogP contribution in [0.3, 0.4) is 0 Å². The molecule has 1 aromatic carbocycles. The van der Waals surface area contributed by atoms with E-state index in [0.717, 1.165) is 9.87 Å². The quantitative estimate of drug-likeness (QED) is 0.709. The fourth-order valence-corrected chi connectivity index (χ4v) is 2.91. The van der Waals surface area contributed by atoms with E-state index in [-0.39, 0.29) is 19.0 Å². The summed E-state index contributed by atoms with van der Waals surface area (Å²) in [4.78, 5) is 12.0. The molecule has 0 spiro atoms. The lowest BCUT2D eigenvalue weighted by Gasteiger charge is -2.10. The third kappa shape index (κ3) is 3.47. The lowest BCUT2D eigenvalue weighted by atomic mass is 10.2. The van der Waals surface area contributed by atoms with Gasteiger partial charge in [-0.2, -0.15) is 17.8 Å². The number of amides is 1. The molecule has 1 aliphatic rings. The molecule has 2 aromatic rings. The number of hydrogen-bond donors (Lipinski definition) is 3. The molecule has 1 aliphatic heterocycles. The first-order valence-electron chi connectivity index (χ1n) is 6.81. The largest absolute Gasteiger partial charge is 0.305 e. The first-order valence-corrected chi connectivity index (χ1v) is 8.32. The number of nitrogens with one attached hydrogen (secondary N) is 2. The molecule has 120 valence electrons. The van der Waals surface area contributed by atoms with Crippen LogP contribution in [-0.4, -0.2) is 28.8 Å². The van der Waals surface area contributed by atoms with E-state index in [9.17, 15) is 13.2 Å². The first-order chi connectivity index (χ1) is 10.9. The molecule has 0 saturated carbocycles. The molecule has 1 amide bonds. The highest BCUT2D eigenvalue weighted by Gasteiger charge is 2.31. The standard InChI is InChI=1S/C14H15N5O3S/c15-23(21,22)19-8-11-12(9-19)17-18-14(11)16-13(20)7-6-10-4-2-1-3-5-10/h1-7H,8-9H2,(H2,15,21,22)(H2,16,17,18,20)/b7-6-. The van der Waals surface area contributed by atoms with E-state index in [1.54, 1.807) is 6.08 Å². The van der Waals surface area contributed by atoms with Crippen molar-refractivity contribution in [2.24, 2.45) is 5.14 Å². The molecule has 3 rings (SSSR count). The molecule has 0 fully saturated rings. The Morgan fingerprint density at radius 3 is 2.74 bits per heavy atom. The van der Waals surface area contributed by atoms with Gasteiger partial charge >= 0.3 is 0 Å². The van der Waals surface area contributed by atoms with Gasteiger partial charge < -0.3 is 5.32 Å². The normalized spacial score (nSPS) is 15.0. The smallest absolute Gasteiger partial charge is 0.277 e. The summed E-state index contributed by atoms with van der Waals surface area (Å²) in [6.07, 6.45) is 3.07. The van der Waals surface area contributed by atoms with Crippen molar-refractivity contribution in [2.75, 3.05) is 5.32 Å². The predicted molar refractivity (Wildman–Crippen MR) is 85.0 cm³/mol. The molecule has 9 heteroatoms. The van der Waals surface area contributed by atoms with Gasteiger partial charge in [-0.1, -0.05) is 30.3 Å². The fraction of sp³-hybridized carbons (Fsp3) is 0.143. The van der Waals surface area contributed by atoms with Crippen molar-refractivity contribution in [3.8, 4) is 0 Å². The topological polar surface area (TPSA) is 121 Å². The molecule has 23 heavy (non-hydrogen) atoms. The van der Waals surface area contributed by atoms with Crippen LogP contribution in [0.1, 0.15) is 16.8 Å². The van der Waals surface area contributed by atoms with Crippen molar-refractivity contribution in [3.63, 3.8) is 0 Å². The zero-order valence-corrected chi connectivity index (χ0v) is 12.9. The van der Waals surface area contributed by atoms with E-state index < -0.39 is 10.2 Å². The Hall–Kier alpha value is -2.49. The average Bonchev–Trinajstić information content (AvgIpc) is 3.08. The minimum atomic E-state index is -3.77. The van der Waals surface area contributed by atoms with Gasteiger partial charge in [0.15, 0.2) is 5.82 Å². The summed E-state index contributed by atoms with van der Waals surface area (Å²) < 4.78 is 23.8. The number of carbonyl (C=O) groups excluding carboxylic acids is 1. The number of fused-ring (bicyclic) bond motifs is 1. The molecule has 8 nitrogen and oxygen atoms in total. The Balaban J connectivity index is 1.69. The van der Waals surface area contributed by atoms with Gasteiger partial charge in [-0.3, -0.25) is 9.89 Å². The van der Waals surface area contributed by atoms with Crippen LogP contribution in [0.2, 0.25) is 0 Å². The van der Waals surface area contributed by atoms with Crippen molar-refractivity contribution in [2.45, 2.75) is 13.1 Å². The summed E-state index contributed by atoms with van der Waals surface area (Å²) >= 11 is 0. The molecule has 0 atom stereocenters. The Bertz CT molecular complexity index is 858. The van der Waals surface area contributed by atoms with Gasteiger partial charge in [0.1, 0.15) is 0 Å². The highest BCUT2D eigenvalue weighted by Crippen LogP contribution is 2.28. The number of rotatable bonds is 4. The summed E-state index contributed by atoms with van der Waals surface area (Å²) in [7, 11) is -3.77. The van der Waals surface area contributed by atoms with E-state index >= 15 is 0 Å². The number of aromatic nitrogens is 2. The molecule has 4 N–H and O–H groups in total. The Labute approximate surface area is 133 Å². The molecular weight excluding hydrogens is 318 g/mol. The van der Waals surface area contributed by atoms with Gasteiger partial charge in [-0.25, -0.2) is 5.14 Å². The van der Waals surface area contributed by atoms with Crippen molar-refractivity contribution in [3.05, 3.63) is 53.2 Å². The SMILES string of the molecule is NS(=O)(=O)N1Cc2[nH]nc(NC(=O)/C=C\c3ccccc3)c2C1. The molecule has 2 heterocycles. The Kier molecular flexibility index (Phi) is 3.99. The van der Waals surface area contributed by atoms with Crippen LogP contribution in [0.5, 0.6) is 0 Å². The van der Waals surface area contributed by atoms with Gasteiger partial charge in [-0.15, -0.1) is 0 Å². The number of nitrogens with zero attached hydrogens (tertiary/aromatic N) is 2. The zero-order chi connectivity index (χ0) is 16.4. The average molecular weight is 333 g/mol. The van der Waals surface area contributed by atoms with Gasteiger partial charge in [0.2, 0.25) is 5.91 Å². The third-order valence-corrected chi connectivity index (χ3v) is 4.43.